The summed E-state index contributed by atoms with van der Waals surface area (Å²) in [4.78, 5) is 12.2. The van der Waals surface area contributed by atoms with Crippen molar-refractivity contribution in [2.24, 2.45) is 11.8 Å². The Balaban J connectivity index is 1.77. The quantitative estimate of drug-likeness (QED) is 0.0873. The minimum atomic E-state index is -5.43. The molecule has 11 heteroatoms. The van der Waals surface area contributed by atoms with Gasteiger partial charge in [-0.2, -0.15) is 0 Å². The third kappa shape index (κ3) is 2.50. The third-order valence-corrected chi connectivity index (χ3v) is 9.60. The van der Waals surface area contributed by atoms with Gasteiger partial charge in [0, 0.05) is 0 Å². The molecule has 1 aliphatic heterocycles. The van der Waals surface area contributed by atoms with Crippen LogP contribution in [0, 0.1) is 11.8 Å². The van der Waals surface area contributed by atoms with Gasteiger partial charge in [0.05, 0.1) is 0 Å². The van der Waals surface area contributed by atoms with Crippen LogP contribution in [0.15, 0.2) is 0 Å². The van der Waals surface area contributed by atoms with Crippen LogP contribution in [0.1, 0.15) is 19.8 Å². The molecule has 3 aliphatic rings. The molecule has 1 heterocycles. The van der Waals surface area contributed by atoms with E-state index in [1.165, 1.54) is 0 Å². The van der Waals surface area contributed by atoms with E-state index in [-0.39, 0.29) is 25.5 Å². The first-order valence-corrected chi connectivity index (χ1v) is 10.2. The third-order valence-electron chi connectivity index (χ3n) is 4.85. The molecule has 6 atom stereocenters. The molecule has 0 aromatic rings. The van der Waals surface area contributed by atoms with Crippen LogP contribution in [0.5, 0.6) is 0 Å². The summed E-state index contributed by atoms with van der Waals surface area (Å²) in [5.74, 6) is -8.54. The van der Waals surface area contributed by atoms with Crippen LogP contribution in [-0.2, 0) is 9.53 Å². The molecule has 3 fully saturated rings. The molecule has 23 heavy (non-hydrogen) atoms. The zero-order chi connectivity index (χ0) is 17.4. The van der Waals surface area contributed by atoms with Crippen molar-refractivity contribution >= 4 is 28.6 Å². The second kappa shape index (κ2) is 5.25. The Morgan fingerprint density at radius 1 is 1.39 bits per heavy atom. The molecule has 0 aromatic heterocycles. The van der Waals surface area contributed by atoms with E-state index in [1.807, 2.05) is 22.6 Å². The van der Waals surface area contributed by atoms with Crippen molar-refractivity contribution < 1.29 is 58.1 Å². The van der Waals surface area contributed by atoms with Gasteiger partial charge in [0.2, 0.25) is 0 Å². The van der Waals surface area contributed by atoms with Crippen molar-refractivity contribution in [2.75, 3.05) is 0 Å². The van der Waals surface area contributed by atoms with Crippen LogP contribution in [-0.4, -0.2) is 42.3 Å². The number of carbonyl (C=O) groups excluding carboxylic acids is 1. The van der Waals surface area contributed by atoms with E-state index in [4.69, 9.17) is 4.74 Å². The monoisotopic (exact) mass is 568 g/mol. The fourth-order valence-corrected chi connectivity index (χ4v) is 6.73. The Labute approximate surface area is 152 Å². The van der Waals surface area contributed by atoms with Gasteiger partial charge >= 0.3 is 153 Å². The first-order valence-electron chi connectivity index (χ1n) is 6.78. The molecule has 6 unspecified atom stereocenters. The average molecular weight is 568 g/mol. The fourth-order valence-electron chi connectivity index (χ4n) is 3.42. The number of hydrogen-bond acceptors (Lipinski definition) is 4. The summed E-state index contributed by atoms with van der Waals surface area (Å²) in [5, 5.41) is 9.63. The van der Waals surface area contributed by atoms with E-state index < -0.39 is 57.9 Å². The summed E-state index contributed by atoms with van der Waals surface area (Å²) in [7, 11) is 0. The Kier molecular flexibility index (Phi) is 4.18. The minimum absolute atomic E-state index is 0.0272. The topological polar surface area (TPSA) is 68.5 Å². The summed E-state index contributed by atoms with van der Waals surface area (Å²) >= 11 is 1.55. The Morgan fingerprint density at radius 2 is 1.96 bits per heavy atom. The predicted octanol–water partition coefficient (Wildman–Crippen LogP) is -1.01. The first kappa shape index (κ1) is 18.3. The molecule has 2 bridgehead atoms. The second-order valence-corrected chi connectivity index (χ2v) is 11.0. The molecular formula is C12H13F5I2NO3-. The molecule has 2 saturated carbocycles. The summed E-state index contributed by atoms with van der Waals surface area (Å²) < 4.78 is 74.4. The number of nitrogens with one attached hydrogen (secondary N) is 1. The number of fused-ring (bicyclic) bond motifs is 2. The van der Waals surface area contributed by atoms with E-state index in [0.29, 0.717) is 0 Å². The van der Waals surface area contributed by atoms with Gasteiger partial charge < -0.3 is 0 Å². The van der Waals surface area contributed by atoms with Crippen LogP contribution in [0.3, 0.4) is 0 Å². The molecule has 0 aromatic carbocycles. The molecule has 134 valence electrons. The van der Waals surface area contributed by atoms with Gasteiger partial charge in [0.1, 0.15) is 0 Å². The number of esters is 1. The first-order chi connectivity index (χ1) is 10.3. The van der Waals surface area contributed by atoms with E-state index in [0.717, 1.165) is 0 Å². The van der Waals surface area contributed by atoms with Crippen molar-refractivity contribution in [3.63, 3.8) is 0 Å². The van der Waals surface area contributed by atoms with Gasteiger partial charge in [0.25, 0.3) is 0 Å². The summed E-state index contributed by atoms with van der Waals surface area (Å²) in [6.45, 7) is 1.61. The molecule has 2 N–H and O–H groups in total. The van der Waals surface area contributed by atoms with Gasteiger partial charge in [-0.3, -0.25) is 0 Å². The summed E-state index contributed by atoms with van der Waals surface area (Å²) in [6.07, 6.45) is -7.63. The van der Waals surface area contributed by atoms with Crippen molar-refractivity contribution in [2.45, 2.75) is 51.0 Å². The van der Waals surface area contributed by atoms with Gasteiger partial charge in [-0.25, -0.2) is 0 Å². The van der Waals surface area contributed by atoms with Gasteiger partial charge in [-0.05, 0) is 0 Å². The standard InChI is InChI=1S/C12H13F5I2NO3/c1-9(18,7-19-20-7)8(21)23-6-3-4-2-5(6)11(13,14)10(4,22)12(15,16)17/h4-7,20,22H,2-3H2,1H3/q-1. The van der Waals surface area contributed by atoms with Crippen molar-refractivity contribution in [3.05, 3.63) is 0 Å². The Bertz CT molecular complexity index is 539. The molecule has 0 radical (unpaired) electrons. The number of hydrogen-bond donors (Lipinski definition) is 2. The van der Waals surface area contributed by atoms with Crippen molar-refractivity contribution in [1.82, 2.24) is 3.53 Å². The van der Waals surface area contributed by atoms with Gasteiger partial charge in [-0.15, -0.1) is 0 Å². The van der Waals surface area contributed by atoms with Crippen molar-refractivity contribution in [1.29, 1.82) is 0 Å². The molecule has 2 aliphatic carbocycles. The normalized spacial score (nSPS) is 44.3. The Hall–Kier alpha value is 0.500. The van der Waals surface area contributed by atoms with Crippen LogP contribution in [0.4, 0.5) is 22.0 Å². The molecule has 3 rings (SSSR count). The van der Waals surface area contributed by atoms with Crippen LogP contribution >= 0.6 is 22.6 Å². The van der Waals surface area contributed by atoms with Gasteiger partial charge in [-0.1, -0.05) is 0 Å². The van der Waals surface area contributed by atoms with Crippen LogP contribution in [0.2, 0.25) is 0 Å². The molecule has 0 spiro atoms. The molecule has 4 nitrogen and oxygen atoms in total. The maximum absolute atomic E-state index is 14.2. The van der Waals surface area contributed by atoms with Gasteiger partial charge in [0.15, 0.2) is 0 Å². The number of carbonyl (C=O) groups is 1. The average Bonchev–Trinajstić information content (AvgIpc) is 3.14. The summed E-state index contributed by atoms with van der Waals surface area (Å²) in [5.41, 5.74) is -4.04. The number of ether oxygens (including phenoxy) is 1. The predicted molar refractivity (Wildman–Crippen MR) is 71.4 cm³/mol. The number of rotatable bonds is 3. The van der Waals surface area contributed by atoms with E-state index in [2.05, 4.69) is 3.53 Å². The van der Waals surface area contributed by atoms with Crippen LogP contribution in [0.25, 0.3) is 0 Å². The van der Waals surface area contributed by atoms with Crippen molar-refractivity contribution in [3.8, 4) is 0 Å². The second-order valence-electron chi connectivity index (χ2n) is 6.26. The number of alkyl halides is 7. The molecule has 0 amide bonds. The SMILES string of the molecule is CC(I)(C(=O)OC1CC2CC1C(F)(F)C2(O)C(F)(F)F)C1N[I-]1. The molecular weight excluding hydrogens is 555 g/mol. The summed E-state index contributed by atoms with van der Waals surface area (Å²) in [6, 6.07) is 0. The zero-order valence-electron chi connectivity index (χ0n) is 11.6. The van der Waals surface area contributed by atoms with E-state index in [1.54, 1.807) is 6.92 Å². The zero-order valence-corrected chi connectivity index (χ0v) is 15.9. The van der Waals surface area contributed by atoms with Crippen LogP contribution < -0.4 is 25.0 Å². The van der Waals surface area contributed by atoms with E-state index in [9.17, 15) is 31.9 Å². The number of aliphatic hydroxyl groups is 1. The van der Waals surface area contributed by atoms with E-state index >= 15 is 0 Å². The maximum atomic E-state index is 14.2. The number of halogens is 7. The fraction of sp³-hybridized carbons (Fsp3) is 0.917. The Morgan fingerprint density at radius 3 is 2.39 bits per heavy atom. The molecule has 1 saturated heterocycles.